The van der Waals surface area contributed by atoms with Crippen LogP contribution in [0.15, 0.2) is 23.1 Å². The summed E-state index contributed by atoms with van der Waals surface area (Å²) < 4.78 is 38.2. The molecule has 1 amide bonds. The molecule has 1 aliphatic heterocycles. The number of ether oxygens (including phenoxy) is 2. The van der Waals surface area contributed by atoms with Crippen LogP contribution in [0.25, 0.3) is 0 Å². The van der Waals surface area contributed by atoms with Crippen molar-refractivity contribution >= 4 is 15.9 Å². The Hall–Kier alpha value is -1.80. The fourth-order valence-corrected chi connectivity index (χ4v) is 6.88. The van der Waals surface area contributed by atoms with Crippen LogP contribution in [-0.4, -0.2) is 63.9 Å². The summed E-state index contributed by atoms with van der Waals surface area (Å²) in [6.07, 6.45) is 5.72. The Bertz CT molecular complexity index is 864. The Balaban J connectivity index is 1.39. The minimum atomic E-state index is -3.73. The molecule has 1 aromatic rings. The fourth-order valence-electron chi connectivity index (χ4n) is 5.28. The van der Waals surface area contributed by atoms with E-state index in [2.05, 4.69) is 0 Å². The Morgan fingerprint density at radius 2 is 1.83 bits per heavy atom. The lowest BCUT2D eigenvalue weighted by molar-refractivity contribution is -0.133. The molecule has 2 bridgehead atoms. The van der Waals surface area contributed by atoms with Gasteiger partial charge in [0.15, 0.2) is 0 Å². The molecule has 1 heterocycles. The number of carbonyl (C=O) groups excluding carboxylic acids is 1. The third-order valence-corrected chi connectivity index (χ3v) is 8.82. The van der Waals surface area contributed by atoms with Crippen molar-refractivity contribution in [3.8, 4) is 11.5 Å². The molecule has 7 nitrogen and oxygen atoms in total. The number of hydrogen-bond donors (Lipinski definition) is 0. The van der Waals surface area contributed by atoms with Crippen LogP contribution in [0.4, 0.5) is 0 Å². The highest BCUT2D eigenvalue weighted by molar-refractivity contribution is 7.89. The van der Waals surface area contributed by atoms with Gasteiger partial charge in [0.2, 0.25) is 15.9 Å². The first-order valence-electron chi connectivity index (χ1n) is 10.4. The number of methoxy groups -OCH3 is 2. The van der Waals surface area contributed by atoms with Crippen LogP contribution in [0.2, 0.25) is 0 Å². The molecule has 1 saturated heterocycles. The molecule has 1 aromatic carbocycles. The molecule has 3 atom stereocenters. The van der Waals surface area contributed by atoms with Gasteiger partial charge in [0.1, 0.15) is 16.4 Å². The van der Waals surface area contributed by atoms with Gasteiger partial charge in [-0.05, 0) is 49.1 Å². The van der Waals surface area contributed by atoms with Gasteiger partial charge in [-0.25, -0.2) is 8.42 Å². The molecule has 0 aromatic heterocycles. The summed E-state index contributed by atoms with van der Waals surface area (Å²) in [6.45, 7) is 1.46. The minimum absolute atomic E-state index is 0.0982. The highest BCUT2D eigenvalue weighted by atomic mass is 32.2. The molecule has 2 aliphatic carbocycles. The van der Waals surface area contributed by atoms with Crippen LogP contribution in [-0.2, 0) is 14.8 Å². The highest BCUT2D eigenvalue weighted by Gasteiger charge is 2.41. The Labute approximate surface area is 173 Å². The van der Waals surface area contributed by atoms with Crippen molar-refractivity contribution in [2.75, 3.05) is 40.4 Å². The monoisotopic (exact) mass is 422 g/mol. The molecule has 0 radical (unpaired) electrons. The number of nitrogens with zero attached hydrogens (tertiary/aromatic N) is 2. The van der Waals surface area contributed by atoms with E-state index >= 15 is 0 Å². The molecule has 8 heteroatoms. The van der Waals surface area contributed by atoms with Crippen molar-refractivity contribution in [1.29, 1.82) is 0 Å². The van der Waals surface area contributed by atoms with Crippen molar-refractivity contribution in [2.45, 2.75) is 37.0 Å². The Morgan fingerprint density at radius 1 is 1.07 bits per heavy atom. The quantitative estimate of drug-likeness (QED) is 0.703. The predicted octanol–water partition coefficient (Wildman–Crippen LogP) is 2.36. The number of fused-ring (bicyclic) bond motifs is 2. The maximum Gasteiger partial charge on any atom is 0.247 e. The van der Waals surface area contributed by atoms with E-state index in [0.29, 0.717) is 50.0 Å². The first-order chi connectivity index (χ1) is 13.9. The second kappa shape index (κ2) is 8.14. The second-order valence-electron chi connectivity index (χ2n) is 8.44. The van der Waals surface area contributed by atoms with Gasteiger partial charge >= 0.3 is 0 Å². The molecule has 3 fully saturated rings. The standard InChI is InChI=1S/C21H30N2O5S/c1-27-18-5-6-19(28-2)20(14-18)29(25,26)23-9-7-22(8-10-23)21(24)13-17-12-15-3-4-16(17)11-15/h5-6,14-17H,3-4,7-13H2,1-2H3/t15-,16-,17+/m1/s1. The van der Waals surface area contributed by atoms with Crippen molar-refractivity contribution in [3.05, 3.63) is 18.2 Å². The van der Waals surface area contributed by atoms with Crippen LogP contribution in [0.3, 0.4) is 0 Å². The van der Waals surface area contributed by atoms with Crippen molar-refractivity contribution in [2.24, 2.45) is 17.8 Å². The lowest BCUT2D eigenvalue weighted by atomic mass is 9.86. The largest absolute Gasteiger partial charge is 0.497 e. The third kappa shape index (κ3) is 3.97. The summed E-state index contributed by atoms with van der Waals surface area (Å²) in [5.74, 6) is 3.02. The van der Waals surface area contributed by atoms with Gasteiger partial charge < -0.3 is 14.4 Å². The fraction of sp³-hybridized carbons (Fsp3) is 0.667. The van der Waals surface area contributed by atoms with Crippen molar-refractivity contribution in [3.63, 3.8) is 0 Å². The summed E-state index contributed by atoms with van der Waals surface area (Å²) >= 11 is 0. The van der Waals surface area contributed by atoms with E-state index < -0.39 is 10.0 Å². The smallest absolute Gasteiger partial charge is 0.247 e. The maximum absolute atomic E-state index is 13.2. The van der Waals surface area contributed by atoms with Crippen LogP contribution >= 0.6 is 0 Å². The summed E-state index contributed by atoms with van der Waals surface area (Å²) in [4.78, 5) is 14.7. The molecular formula is C21H30N2O5S. The van der Waals surface area contributed by atoms with E-state index in [0.717, 1.165) is 11.8 Å². The zero-order chi connectivity index (χ0) is 20.6. The van der Waals surface area contributed by atoms with E-state index in [1.807, 2.05) is 4.90 Å². The van der Waals surface area contributed by atoms with E-state index in [4.69, 9.17) is 9.47 Å². The number of hydrogen-bond acceptors (Lipinski definition) is 5. The van der Waals surface area contributed by atoms with Crippen molar-refractivity contribution < 1.29 is 22.7 Å². The van der Waals surface area contributed by atoms with Gasteiger partial charge in [0.05, 0.1) is 14.2 Å². The molecule has 4 rings (SSSR count). The number of sulfonamides is 1. The predicted molar refractivity (Wildman–Crippen MR) is 108 cm³/mol. The van der Waals surface area contributed by atoms with Gasteiger partial charge in [-0.15, -0.1) is 0 Å². The van der Waals surface area contributed by atoms with Gasteiger partial charge in [-0.1, -0.05) is 6.42 Å². The first kappa shape index (κ1) is 20.5. The van der Waals surface area contributed by atoms with Crippen LogP contribution in [0.5, 0.6) is 11.5 Å². The highest BCUT2D eigenvalue weighted by Crippen LogP contribution is 2.49. The van der Waals surface area contributed by atoms with E-state index in [-0.39, 0.29) is 10.8 Å². The normalized spacial score (nSPS) is 27.2. The number of amides is 1. The molecule has 0 N–H and O–H groups in total. The maximum atomic E-state index is 13.2. The van der Waals surface area contributed by atoms with Gasteiger partial charge in [0.25, 0.3) is 0 Å². The second-order valence-corrected chi connectivity index (χ2v) is 10.3. The molecule has 0 spiro atoms. The minimum Gasteiger partial charge on any atom is -0.497 e. The Kier molecular flexibility index (Phi) is 5.75. The van der Waals surface area contributed by atoms with E-state index in [1.165, 1.54) is 50.3 Å². The van der Waals surface area contributed by atoms with Crippen molar-refractivity contribution in [1.82, 2.24) is 9.21 Å². The van der Waals surface area contributed by atoms with Gasteiger partial charge in [-0.2, -0.15) is 4.31 Å². The number of piperazine rings is 1. The lowest BCUT2D eigenvalue weighted by Crippen LogP contribution is -2.50. The zero-order valence-electron chi connectivity index (χ0n) is 17.2. The van der Waals surface area contributed by atoms with Crippen LogP contribution in [0, 0.1) is 17.8 Å². The molecule has 160 valence electrons. The summed E-state index contributed by atoms with van der Waals surface area (Å²) in [6, 6.07) is 4.76. The summed E-state index contributed by atoms with van der Waals surface area (Å²) in [7, 11) is -0.775. The zero-order valence-corrected chi connectivity index (χ0v) is 18.0. The molecule has 3 aliphatic rings. The van der Waals surface area contributed by atoms with Crippen LogP contribution < -0.4 is 9.47 Å². The van der Waals surface area contributed by atoms with E-state index in [1.54, 1.807) is 12.1 Å². The molecular weight excluding hydrogens is 392 g/mol. The summed E-state index contributed by atoms with van der Waals surface area (Å²) in [5.41, 5.74) is 0. The SMILES string of the molecule is COc1ccc(OC)c(S(=O)(=O)N2CCN(C(=O)C[C@@H]3C[C@@H]4CC[C@@H]3C4)CC2)c1. The Morgan fingerprint density at radius 3 is 2.41 bits per heavy atom. The number of carbonyl (C=O) groups is 1. The summed E-state index contributed by atoms with van der Waals surface area (Å²) in [5, 5.41) is 0. The van der Waals surface area contributed by atoms with Crippen LogP contribution in [0.1, 0.15) is 32.1 Å². The number of rotatable bonds is 6. The average molecular weight is 423 g/mol. The topological polar surface area (TPSA) is 76.2 Å². The first-order valence-corrected chi connectivity index (χ1v) is 11.9. The third-order valence-electron chi connectivity index (χ3n) is 6.90. The van der Waals surface area contributed by atoms with Gasteiger partial charge in [-0.3, -0.25) is 4.79 Å². The molecule has 0 unspecified atom stereocenters. The van der Waals surface area contributed by atoms with E-state index in [9.17, 15) is 13.2 Å². The molecule has 29 heavy (non-hydrogen) atoms. The van der Waals surface area contributed by atoms with Gasteiger partial charge in [0, 0.05) is 38.7 Å². The average Bonchev–Trinajstić information content (AvgIpc) is 3.36. The lowest BCUT2D eigenvalue weighted by Gasteiger charge is -2.35. The molecule has 2 saturated carbocycles. The number of benzene rings is 1.